The van der Waals surface area contributed by atoms with E-state index in [1.54, 1.807) is 48.5 Å². The van der Waals surface area contributed by atoms with Gasteiger partial charge in [-0.1, -0.05) is 35.9 Å². The van der Waals surface area contributed by atoms with Crippen molar-refractivity contribution in [3.05, 3.63) is 81.9 Å². The normalized spacial score (nSPS) is 10.4. The summed E-state index contributed by atoms with van der Waals surface area (Å²) < 4.78 is 1.21. The second-order valence-electron chi connectivity index (χ2n) is 5.93. The van der Waals surface area contributed by atoms with Crippen molar-refractivity contribution in [2.75, 3.05) is 5.32 Å². The van der Waals surface area contributed by atoms with Gasteiger partial charge in [-0.15, -0.1) is 0 Å². The maximum atomic E-state index is 12.3. The van der Waals surface area contributed by atoms with Crippen molar-refractivity contribution in [3.8, 4) is 11.3 Å². The van der Waals surface area contributed by atoms with Crippen LogP contribution in [0.2, 0.25) is 5.02 Å². The molecular formula is C20H16ClN3O3. The summed E-state index contributed by atoms with van der Waals surface area (Å²) in [6.07, 6.45) is 1.33. The highest BCUT2D eigenvalue weighted by molar-refractivity contribution is 6.30. The second-order valence-corrected chi connectivity index (χ2v) is 6.37. The van der Waals surface area contributed by atoms with Crippen molar-refractivity contribution in [1.82, 2.24) is 9.55 Å². The summed E-state index contributed by atoms with van der Waals surface area (Å²) >= 11 is 5.86. The molecule has 1 N–H and O–H groups in total. The predicted molar refractivity (Wildman–Crippen MR) is 104 cm³/mol. The molecule has 0 fully saturated rings. The fourth-order valence-corrected chi connectivity index (χ4v) is 2.62. The Labute approximate surface area is 160 Å². The van der Waals surface area contributed by atoms with Gasteiger partial charge in [0.05, 0.1) is 12.0 Å². The standard InChI is InChI=1S/C20H16ClN3O3/c1-13(25)15-3-2-4-17(9-15)23-19(26)11-24-12-22-18(10-20(24)27)14-5-7-16(21)8-6-14/h2-10,12H,11H2,1H3,(H,23,26). The number of halogens is 1. The minimum atomic E-state index is -0.390. The van der Waals surface area contributed by atoms with Crippen molar-refractivity contribution in [2.24, 2.45) is 0 Å². The van der Waals surface area contributed by atoms with Crippen LogP contribution in [0.25, 0.3) is 11.3 Å². The number of nitrogens with zero attached hydrogens (tertiary/aromatic N) is 2. The topological polar surface area (TPSA) is 81.1 Å². The molecule has 0 unspecified atom stereocenters. The number of Topliss-reactive ketones (excluding diaryl/α,β-unsaturated/α-hetero) is 1. The minimum Gasteiger partial charge on any atom is -0.325 e. The Balaban J connectivity index is 1.73. The molecule has 136 valence electrons. The predicted octanol–water partition coefficient (Wildman–Crippen LogP) is 3.41. The first-order valence-electron chi connectivity index (χ1n) is 8.15. The average Bonchev–Trinajstić information content (AvgIpc) is 2.64. The van der Waals surface area contributed by atoms with Crippen LogP contribution in [0, 0.1) is 0 Å². The zero-order valence-corrected chi connectivity index (χ0v) is 15.2. The van der Waals surface area contributed by atoms with E-state index in [0.717, 1.165) is 5.56 Å². The molecule has 0 bridgehead atoms. The molecule has 3 rings (SSSR count). The van der Waals surface area contributed by atoms with Gasteiger partial charge in [0.2, 0.25) is 5.91 Å². The van der Waals surface area contributed by atoms with Crippen LogP contribution in [0.4, 0.5) is 5.69 Å². The number of hydrogen-bond donors (Lipinski definition) is 1. The van der Waals surface area contributed by atoms with Crippen LogP contribution in [-0.2, 0) is 11.3 Å². The van der Waals surface area contributed by atoms with Gasteiger partial charge in [-0.2, -0.15) is 0 Å². The van der Waals surface area contributed by atoms with Gasteiger partial charge in [-0.25, -0.2) is 4.98 Å². The van der Waals surface area contributed by atoms with Crippen molar-refractivity contribution >= 4 is 29.0 Å². The maximum Gasteiger partial charge on any atom is 0.254 e. The highest BCUT2D eigenvalue weighted by atomic mass is 35.5. The average molecular weight is 382 g/mol. The molecule has 1 amide bonds. The summed E-state index contributed by atoms with van der Waals surface area (Å²) in [4.78, 5) is 40.1. The van der Waals surface area contributed by atoms with Gasteiger partial charge in [0, 0.05) is 27.9 Å². The molecule has 27 heavy (non-hydrogen) atoms. The summed E-state index contributed by atoms with van der Waals surface area (Å²) in [6.45, 7) is 1.27. The van der Waals surface area contributed by atoms with E-state index in [2.05, 4.69) is 10.3 Å². The van der Waals surface area contributed by atoms with Crippen LogP contribution in [0.3, 0.4) is 0 Å². The SMILES string of the molecule is CC(=O)c1cccc(NC(=O)Cn2cnc(-c3ccc(Cl)cc3)cc2=O)c1. The molecule has 2 aromatic carbocycles. The molecule has 0 saturated heterocycles. The third-order valence-electron chi connectivity index (χ3n) is 3.89. The van der Waals surface area contributed by atoms with E-state index in [1.807, 2.05) is 0 Å². The third kappa shape index (κ3) is 4.68. The van der Waals surface area contributed by atoms with E-state index in [4.69, 9.17) is 11.6 Å². The molecule has 0 aliphatic heterocycles. The lowest BCUT2D eigenvalue weighted by Gasteiger charge is -2.09. The number of benzene rings is 2. The molecule has 1 aromatic heterocycles. The zero-order chi connectivity index (χ0) is 19.4. The number of amides is 1. The van der Waals surface area contributed by atoms with Gasteiger partial charge in [-0.05, 0) is 31.2 Å². The monoisotopic (exact) mass is 381 g/mol. The molecule has 0 radical (unpaired) electrons. The van der Waals surface area contributed by atoms with Gasteiger partial charge in [0.15, 0.2) is 5.78 Å². The fraction of sp³-hybridized carbons (Fsp3) is 0.100. The van der Waals surface area contributed by atoms with Gasteiger partial charge in [0.25, 0.3) is 5.56 Å². The molecule has 0 spiro atoms. The first-order chi connectivity index (χ1) is 12.9. The first-order valence-corrected chi connectivity index (χ1v) is 8.53. The number of hydrogen-bond acceptors (Lipinski definition) is 4. The lowest BCUT2D eigenvalue weighted by molar-refractivity contribution is -0.116. The Kier molecular flexibility index (Phi) is 5.47. The Morgan fingerprint density at radius 1 is 1.11 bits per heavy atom. The van der Waals surface area contributed by atoms with E-state index in [1.165, 1.54) is 23.9 Å². The summed E-state index contributed by atoms with van der Waals surface area (Å²) in [7, 11) is 0. The van der Waals surface area contributed by atoms with Crippen LogP contribution in [-0.4, -0.2) is 21.2 Å². The van der Waals surface area contributed by atoms with Crippen LogP contribution in [0.15, 0.2) is 65.7 Å². The Bertz CT molecular complexity index is 1060. The quantitative estimate of drug-likeness (QED) is 0.687. The van der Waals surface area contributed by atoms with Crippen molar-refractivity contribution in [2.45, 2.75) is 13.5 Å². The number of rotatable bonds is 5. The maximum absolute atomic E-state index is 12.3. The van der Waals surface area contributed by atoms with Crippen molar-refractivity contribution in [3.63, 3.8) is 0 Å². The van der Waals surface area contributed by atoms with E-state index < -0.39 is 0 Å². The van der Waals surface area contributed by atoms with Gasteiger partial charge >= 0.3 is 0 Å². The molecule has 3 aromatic rings. The second kappa shape index (κ2) is 7.97. The largest absolute Gasteiger partial charge is 0.325 e. The number of carbonyl (C=O) groups excluding carboxylic acids is 2. The molecule has 0 atom stereocenters. The zero-order valence-electron chi connectivity index (χ0n) is 14.5. The summed E-state index contributed by atoms with van der Waals surface area (Å²) in [6, 6.07) is 14.9. The molecule has 0 aliphatic carbocycles. The fourth-order valence-electron chi connectivity index (χ4n) is 2.49. The highest BCUT2D eigenvalue weighted by Crippen LogP contribution is 2.18. The minimum absolute atomic E-state index is 0.0932. The summed E-state index contributed by atoms with van der Waals surface area (Å²) in [5.74, 6) is -0.483. The summed E-state index contributed by atoms with van der Waals surface area (Å²) in [5.41, 5.74) is 1.91. The van der Waals surface area contributed by atoms with Gasteiger partial charge in [-0.3, -0.25) is 19.0 Å². The number of aromatic nitrogens is 2. The molecule has 0 saturated carbocycles. The van der Waals surface area contributed by atoms with Gasteiger partial charge < -0.3 is 5.32 Å². The van der Waals surface area contributed by atoms with E-state index in [-0.39, 0.29) is 23.8 Å². The molecule has 0 aliphatic rings. The Morgan fingerprint density at radius 3 is 2.52 bits per heavy atom. The molecule has 1 heterocycles. The highest BCUT2D eigenvalue weighted by Gasteiger charge is 2.09. The van der Waals surface area contributed by atoms with Crippen molar-refractivity contribution in [1.29, 1.82) is 0 Å². The molecule has 6 nitrogen and oxygen atoms in total. The van der Waals surface area contributed by atoms with Crippen molar-refractivity contribution < 1.29 is 9.59 Å². The van der Waals surface area contributed by atoms with E-state index >= 15 is 0 Å². The molecular weight excluding hydrogens is 366 g/mol. The number of carbonyl (C=O) groups is 2. The third-order valence-corrected chi connectivity index (χ3v) is 4.14. The smallest absolute Gasteiger partial charge is 0.254 e. The Hall–Kier alpha value is -3.25. The number of anilines is 1. The van der Waals surface area contributed by atoms with Crippen LogP contribution >= 0.6 is 11.6 Å². The van der Waals surface area contributed by atoms with Crippen LogP contribution in [0.1, 0.15) is 17.3 Å². The van der Waals surface area contributed by atoms with E-state index in [9.17, 15) is 14.4 Å². The van der Waals surface area contributed by atoms with Gasteiger partial charge in [0.1, 0.15) is 6.54 Å². The number of nitrogens with one attached hydrogen (secondary N) is 1. The van der Waals surface area contributed by atoms with Crippen LogP contribution < -0.4 is 10.9 Å². The lowest BCUT2D eigenvalue weighted by Crippen LogP contribution is -2.27. The van der Waals surface area contributed by atoms with Crippen LogP contribution in [0.5, 0.6) is 0 Å². The molecule has 7 heteroatoms. The van der Waals surface area contributed by atoms with E-state index in [0.29, 0.717) is 22.0 Å². The Morgan fingerprint density at radius 2 is 1.85 bits per heavy atom. The number of ketones is 1. The first kappa shape index (κ1) is 18.5. The summed E-state index contributed by atoms with van der Waals surface area (Å²) in [5, 5.41) is 3.27. The lowest BCUT2D eigenvalue weighted by atomic mass is 10.1.